The summed E-state index contributed by atoms with van der Waals surface area (Å²) in [4.78, 5) is 13.8. The molecule has 1 aromatic carbocycles. The molecule has 0 bridgehead atoms. The minimum Gasteiger partial charge on any atom is -0.468 e. The lowest BCUT2D eigenvalue weighted by Gasteiger charge is -2.22. The van der Waals surface area contributed by atoms with Crippen LogP contribution in [0.2, 0.25) is 5.02 Å². The van der Waals surface area contributed by atoms with Gasteiger partial charge in [0, 0.05) is 11.6 Å². The van der Waals surface area contributed by atoms with E-state index >= 15 is 0 Å². The Morgan fingerprint density at radius 2 is 2.05 bits per heavy atom. The molecule has 0 saturated carbocycles. The molecule has 5 nitrogen and oxygen atoms in total. The maximum absolute atomic E-state index is 12.3. The lowest BCUT2D eigenvalue weighted by molar-refractivity contribution is -0.145. The molecule has 7 heteroatoms. The predicted octanol–water partition coefficient (Wildman–Crippen LogP) is 1.75. The summed E-state index contributed by atoms with van der Waals surface area (Å²) < 4.78 is 29.3. The fourth-order valence-corrected chi connectivity index (χ4v) is 3.88. The molecule has 0 spiro atoms. The number of ether oxygens (including phenoxy) is 1. The summed E-state index contributed by atoms with van der Waals surface area (Å²) >= 11 is 5.76. The van der Waals surface area contributed by atoms with Gasteiger partial charge in [-0.25, -0.2) is 8.42 Å². The first kappa shape index (κ1) is 16.3. The average Bonchev–Trinajstić information content (AvgIpc) is 2.93. The summed E-state index contributed by atoms with van der Waals surface area (Å²) in [6, 6.07) is 5.79. The second-order valence-electron chi connectivity index (χ2n) is 4.99. The lowest BCUT2D eigenvalue weighted by Crippen LogP contribution is -2.39. The molecule has 0 N–H and O–H groups in total. The van der Waals surface area contributed by atoms with Gasteiger partial charge in [0.15, 0.2) is 9.84 Å². The van der Waals surface area contributed by atoms with E-state index in [1.54, 1.807) is 12.1 Å². The van der Waals surface area contributed by atoms with Gasteiger partial charge < -0.3 is 4.74 Å². The van der Waals surface area contributed by atoms with E-state index in [2.05, 4.69) is 0 Å². The summed E-state index contributed by atoms with van der Waals surface area (Å²) in [5.74, 6) is -0.321. The minimum atomic E-state index is -3.37. The smallest absolute Gasteiger partial charge is 0.323 e. The van der Waals surface area contributed by atoms with Crippen molar-refractivity contribution in [2.45, 2.75) is 23.8 Å². The maximum atomic E-state index is 12.3. The van der Waals surface area contributed by atoms with Crippen molar-refractivity contribution in [3.05, 3.63) is 29.3 Å². The number of carbonyl (C=O) groups is 1. The molecular weight excluding hydrogens is 314 g/mol. The SMILES string of the molecule is COC(=O)C1CCCN1CCS(=O)(=O)c1ccc(Cl)cc1. The van der Waals surface area contributed by atoms with Gasteiger partial charge in [-0.15, -0.1) is 0 Å². The number of hydrogen-bond donors (Lipinski definition) is 0. The Morgan fingerprint density at radius 3 is 2.67 bits per heavy atom. The molecular formula is C14H18ClNO4S. The molecule has 0 radical (unpaired) electrons. The van der Waals surface area contributed by atoms with Crippen molar-refractivity contribution in [2.24, 2.45) is 0 Å². The molecule has 116 valence electrons. The first-order valence-electron chi connectivity index (χ1n) is 6.74. The largest absolute Gasteiger partial charge is 0.468 e. The Labute approximate surface area is 129 Å². The molecule has 1 fully saturated rings. The van der Waals surface area contributed by atoms with Crippen LogP contribution in [0.4, 0.5) is 0 Å². The number of halogens is 1. The summed E-state index contributed by atoms with van der Waals surface area (Å²) in [5.41, 5.74) is 0. The van der Waals surface area contributed by atoms with Crippen LogP contribution in [0.25, 0.3) is 0 Å². The van der Waals surface area contributed by atoms with Crippen LogP contribution in [0.5, 0.6) is 0 Å². The lowest BCUT2D eigenvalue weighted by atomic mass is 10.2. The zero-order valence-electron chi connectivity index (χ0n) is 11.8. The third-order valence-corrected chi connectivity index (χ3v) is 5.62. The molecule has 0 aromatic heterocycles. The zero-order chi connectivity index (χ0) is 15.5. The fraction of sp³-hybridized carbons (Fsp3) is 0.500. The molecule has 21 heavy (non-hydrogen) atoms. The highest BCUT2D eigenvalue weighted by molar-refractivity contribution is 7.91. The normalized spacial score (nSPS) is 19.6. The number of nitrogens with zero attached hydrogens (tertiary/aromatic N) is 1. The third-order valence-electron chi connectivity index (χ3n) is 3.66. The molecule has 0 amide bonds. The molecule has 1 saturated heterocycles. The Bertz CT molecular complexity index is 600. The van der Waals surface area contributed by atoms with Crippen LogP contribution in [0.3, 0.4) is 0 Å². The van der Waals surface area contributed by atoms with Crippen molar-refractivity contribution in [3.63, 3.8) is 0 Å². The number of sulfone groups is 1. The third kappa shape index (κ3) is 3.96. The van der Waals surface area contributed by atoms with Crippen molar-refractivity contribution >= 4 is 27.4 Å². The quantitative estimate of drug-likeness (QED) is 0.769. The second-order valence-corrected chi connectivity index (χ2v) is 7.54. The topological polar surface area (TPSA) is 63.7 Å². The first-order valence-corrected chi connectivity index (χ1v) is 8.77. The molecule has 1 aliphatic heterocycles. The predicted molar refractivity (Wildman–Crippen MR) is 80.1 cm³/mol. The molecule has 1 aliphatic rings. The second kappa shape index (κ2) is 6.77. The monoisotopic (exact) mass is 331 g/mol. The van der Waals surface area contributed by atoms with Gasteiger partial charge in [-0.05, 0) is 43.7 Å². The molecule has 2 rings (SSSR count). The number of benzene rings is 1. The number of hydrogen-bond acceptors (Lipinski definition) is 5. The number of rotatable bonds is 5. The van der Waals surface area contributed by atoms with Gasteiger partial charge in [0.2, 0.25) is 0 Å². The molecule has 1 atom stereocenters. The highest BCUT2D eigenvalue weighted by Crippen LogP contribution is 2.20. The average molecular weight is 332 g/mol. The molecule has 0 aliphatic carbocycles. The van der Waals surface area contributed by atoms with E-state index in [1.807, 2.05) is 4.90 Å². The van der Waals surface area contributed by atoms with E-state index in [0.29, 0.717) is 18.0 Å². The number of methoxy groups -OCH3 is 1. The molecule has 1 aromatic rings. The maximum Gasteiger partial charge on any atom is 0.323 e. The highest BCUT2D eigenvalue weighted by Gasteiger charge is 2.32. The van der Waals surface area contributed by atoms with Gasteiger partial charge in [-0.3, -0.25) is 9.69 Å². The van der Waals surface area contributed by atoms with E-state index < -0.39 is 9.84 Å². The standard InChI is InChI=1S/C14H18ClNO4S/c1-20-14(17)13-3-2-8-16(13)9-10-21(18,19)12-6-4-11(15)5-7-12/h4-7,13H,2-3,8-10H2,1H3. The number of esters is 1. The first-order chi connectivity index (χ1) is 9.94. The van der Waals surface area contributed by atoms with Crippen molar-refractivity contribution in [1.82, 2.24) is 4.90 Å². The Hall–Kier alpha value is -1.11. The van der Waals surface area contributed by atoms with Gasteiger partial charge in [0.25, 0.3) is 0 Å². The Kier molecular flexibility index (Phi) is 5.24. The van der Waals surface area contributed by atoms with Gasteiger partial charge in [0.1, 0.15) is 6.04 Å². The van der Waals surface area contributed by atoms with Crippen molar-refractivity contribution < 1.29 is 17.9 Å². The Balaban J connectivity index is 2.01. The summed E-state index contributed by atoms with van der Waals surface area (Å²) in [6.07, 6.45) is 1.59. The van der Waals surface area contributed by atoms with E-state index in [-0.39, 0.29) is 22.7 Å². The van der Waals surface area contributed by atoms with E-state index in [1.165, 1.54) is 19.2 Å². The highest BCUT2D eigenvalue weighted by atomic mass is 35.5. The van der Waals surface area contributed by atoms with E-state index in [0.717, 1.165) is 13.0 Å². The molecule has 1 heterocycles. The van der Waals surface area contributed by atoms with Crippen LogP contribution in [0.15, 0.2) is 29.2 Å². The van der Waals surface area contributed by atoms with Crippen molar-refractivity contribution in [2.75, 3.05) is 26.0 Å². The van der Waals surface area contributed by atoms with Crippen LogP contribution in [0.1, 0.15) is 12.8 Å². The van der Waals surface area contributed by atoms with Gasteiger partial charge in [-0.2, -0.15) is 0 Å². The van der Waals surface area contributed by atoms with Crippen LogP contribution < -0.4 is 0 Å². The minimum absolute atomic E-state index is 0.0257. The van der Waals surface area contributed by atoms with Crippen LogP contribution in [-0.4, -0.2) is 51.3 Å². The van der Waals surface area contributed by atoms with E-state index in [9.17, 15) is 13.2 Å². The van der Waals surface area contributed by atoms with Crippen molar-refractivity contribution in [1.29, 1.82) is 0 Å². The van der Waals surface area contributed by atoms with Crippen molar-refractivity contribution in [3.8, 4) is 0 Å². The summed E-state index contributed by atoms with van der Waals surface area (Å²) in [7, 11) is -2.02. The Morgan fingerprint density at radius 1 is 1.38 bits per heavy atom. The van der Waals surface area contributed by atoms with Crippen LogP contribution in [0, 0.1) is 0 Å². The van der Waals surface area contributed by atoms with Gasteiger partial charge in [-0.1, -0.05) is 11.6 Å². The summed E-state index contributed by atoms with van der Waals surface area (Å²) in [5, 5.41) is 0.499. The zero-order valence-corrected chi connectivity index (χ0v) is 13.4. The van der Waals surface area contributed by atoms with Crippen LogP contribution in [-0.2, 0) is 19.4 Å². The van der Waals surface area contributed by atoms with Gasteiger partial charge in [0.05, 0.1) is 17.8 Å². The number of carbonyl (C=O) groups excluding carboxylic acids is 1. The summed E-state index contributed by atoms with van der Waals surface area (Å²) in [6.45, 7) is 1.04. The molecule has 1 unspecified atom stereocenters. The number of likely N-dealkylation sites (tertiary alicyclic amines) is 1. The van der Waals surface area contributed by atoms with E-state index in [4.69, 9.17) is 16.3 Å². The van der Waals surface area contributed by atoms with Gasteiger partial charge >= 0.3 is 5.97 Å². The van der Waals surface area contributed by atoms with Crippen LogP contribution >= 0.6 is 11.6 Å². The fourth-order valence-electron chi connectivity index (χ4n) is 2.49.